The Morgan fingerprint density at radius 3 is 3.00 bits per heavy atom. The van der Waals surface area contributed by atoms with E-state index >= 15 is 0 Å². The number of nitrogens with one attached hydrogen (secondary N) is 1. The van der Waals surface area contributed by atoms with Crippen molar-refractivity contribution in [1.82, 2.24) is 4.98 Å². The molecule has 1 heterocycles. The maximum absolute atomic E-state index is 8.75. The van der Waals surface area contributed by atoms with Crippen LogP contribution in [0.15, 0.2) is 12.1 Å². The molecule has 1 saturated carbocycles. The Morgan fingerprint density at radius 2 is 2.33 bits per heavy atom. The van der Waals surface area contributed by atoms with E-state index in [4.69, 9.17) is 11.0 Å². The molecule has 1 aliphatic carbocycles. The zero-order valence-corrected chi connectivity index (χ0v) is 8.53. The highest BCUT2D eigenvalue weighted by Crippen LogP contribution is 2.32. The summed E-state index contributed by atoms with van der Waals surface area (Å²) in [7, 11) is 0. The second kappa shape index (κ2) is 4.18. The van der Waals surface area contributed by atoms with Crippen LogP contribution in [0.1, 0.15) is 25.0 Å². The number of anilines is 2. The first-order valence-electron chi connectivity index (χ1n) is 5.20. The number of nitrogens with zero attached hydrogens (tertiary/aromatic N) is 2. The summed E-state index contributed by atoms with van der Waals surface area (Å²) in [6.07, 6.45) is 3.91. The maximum Gasteiger partial charge on any atom is 0.165 e. The lowest BCUT2D eigenvalue weighted by Crippen LogP contribution is -2.05. The minimum Gasteiger partial charge on any atom is -0.396 e. The van der Waals surface area contributed by atoms with E-state index in [1.54, 1.807) is 6.07 Å². The molecule has 0 radical (unpaired) electrons. The summed E-state index contributed by atoms with van der Waals surface area (Å²) in [6.45, 7) is 0.923. The Kier molecular flexibility index (Phi) is 2.72. The average Bonchev–Trinajstić information content (AvgIpc) is 3.04. The van der Waals surface area contributed by atoms with Crippen molar-refractivity contribution in [3.05, 3.63) is 17.8 Å². The van der Waals surface area contributed by atoms with E-state index in [9.17, 15) is 0 Å². The molecular weight excluding hydrogens is 188 g/mol. The van der Waals surface area contributed by atoms with Crippen LogP contribution in [0.2, 0.25) is 0 Å². The Hall–Kier alpha value is -1.76. The third-order valence-corrected chi connectivity index (χ3v) is 2.59. The third-order valence-electron chi connectivity index (χ3n) is 2.59. The van der Waals surface area contributed by atoms with Crippen molar-refractivity contribution in [3.63, 3.8) is 0 Å². The minimum absolute atomic E-state index is 0.298. The Bertz CT molecular complexity index is 390. The molecule has 78 valence electrons. The molecule has 0 aromatic carbocycles. The fraction of sp³-hybridized carbons (Fsp3) is 0.455. The lowest BCUT2D eigenvalue weighted by atomic mass is 10.3. The maximum atomic E-state index is 8.75. The fourth-order valence-corrected chi connectivity index (χ4v) is 1.47. The zero-order chi connectivity index (χ0) is 10.7. The van der Waals surface area contributed by atoms with Gasteiger partial charge in [0.05, 0.1) is 5.69 Å². The second-order valence-electron chi connectivity index (χ2n) is 3.90. The number of hydrogen-bond acceptors (Lipinski definition) is 4. The summed E-state index contributed by atoms with van der Waals surface area (Å²) in [4.78, 5) is 4.11. The van der Waals surface area contributed by atoms with Gasteiger partial charge in [0.1, 0.15) is 11.9 Å². The Morgan fingerprint density at radius 1 is 1.53 bits per heavy atom. The van der Waals surface area contributed by atoms with E-state index in [-0.39, 0.29) is 0 Å². The predicted octanol–water partition coefficient (Wildman–Crippen LogP) is 1.75. The highest BCUT2D eigenvalue weighted by atomic mass is 15.0. The lowest BCUT2D eigenvalue weighted by Gasteiger charge is -2.05. The van der Waals surface area contributed by atoms with Gasteiger partial charge in [0.25, 0.3) is 0 Å². The normalized spacial score (nSPS) is 14.6. The molecule has 0 amide bonds. The Labute approximate surface area is 89.1 Å². The first kappa shape index (κ1) is 9.78. The highest BCUT2D eigenvalue weighted by Gasteiger charge is 2.20. The van der Waals surface area contributed by atoms with Gasteiger partial charge >= 0.3 is 0 Å². The van der Waals surface area contributed by atoms with E-state index in [1.807, 2.05) is 12.1 Å². The monoisotopic (exact) mass is 202 g/mol. The summed E-state index contributed by atoms with van der Waals surface area (Å²) in [5.41, 5.74) is 6.31. The molecule has 1 aromatic heterocycles. The molecule has 15 heavy (non-hydrogen) atoms. The molecule has 0 aliphatic heterocycles. The van der Waals surface area contributed by atoms with Gasteiger partial charge in [-0.1, -0.05) is 12.8 Å². The van der Waals surface area contributed by atoms with Crippen LogP contribution in [-0.4, -0.2) is 11.5 Å². The summed E-state index contributed by atoms with van der Waals surface area (Å²) < 4.78 is 0. The first-order valence-corrected chi connectivity index (χ1v) is 5.20. The molecular formula is C11H14N4. The summed E-state index contributed by atoms with van der Waals surface area (Å²) in [6, 6.07) is 5.49. The van der Waals surface area contributed by atoms with Crippen LogP contribution in [0.5, 0.6) is 0 Å². The van der Waals surface area contributed by atoms with Crippen molar-refractivity contribution in [2.45, 2.75) is 19.3 Å². The predicted molar refractivity (Wildman–Crippen MR) is 59.2 cm³/mol. The molecule has 4 nitrogen and oxygen atoms in total. The van der Waals surface area contributed by atoms with Gasteiger partial charge in [0.2, 0.25) is 0 Å². The summed E-state index contributed by atoms with van der Waals surface area (Å²) in [5.74, 6) is 1.64. The van der Waals surface area contributed by atoms with Gasteiger partial charge in [-0.2, -0.15) is 5.26 Å². The minimum atomic E-state index is 0.298. The van der Waals surface area contributed by atoms with Crippen LogP contribution in [-0.2, 0) is 0 Å². The molecule has 1 fully saturated rings. The van der Waals surface area contributed by atoms with Crippen LogP contribution >= 0.6 is 0 Å². The van der Waals surface area contributed by atoms with Crippen molar-refractivity contribution >= 4 is 11.5 Å². The van der Waals surface area contributed by atoms with Crippen LogP contribution < -0.4 is 11.1 Å². The molecule has 0 saturated heterocycles. The van der Waals surface area contributed by atoms with Crippen molar-refractivity contribution in [2.24, 2.45) is 5.92 Å². The van der Waals surface area contributed by atoms with Crippen LogP contribution in [0.4, 0.5) is 11.5 Å². The van der Waals surface area contributed by atoms with Gasteiger partial charge in [-0.25, -0.2) is 4.98 Å². The van der Waals surface area contributed by atoms with Gasteiger partial charge in [-0.3, -0.25) is 0 Å². The van der Waals surface area contributed by atoms with Gasteiger partial charge in [-0.05, 0) is 24.5 Å². The van der Waals surface area contributed by atoms with Crippen molar-refractivity contribution < 1.29 is 0 Å². The standard InChI is InChI=1S/C11H14N4/c12-7-10-9(13)3-4-11(15-10)14-6-5-8-1-2-8/h3-4,8H,1-2,5-6,13H2,(H,14,15). The molecule has 0 unspecified atom stereocenters. The summed E-state index contributed by atoms with van der Waals surface area (Å²) in [5, 5.41) is 11.9. The molecule has 0 spiro atoms. The molecule has 1 aliphatic rings. The third kappa shape index (κ3) is 2.59. The van der Waals surface area contributed by atoms with E-state index < -0.39 is 0 Å². The van der Waals surface area contributed by atoms with Gasteiger partial charge < -0.3 is 11.1 Å². The number of nitrogen functional groups attached to an aromatic ring is 1. The quantitative estimate of drug-likeness (QED) is 0.780. The zero-order valence-electron chi connectivity index (χ0n) is 8.53. The fourth-order valence-electron chi connectivity index (χ4n) is 1.47. The molecule has 1 aromatic rings. The average molecular weight is 202 g/mol. The largest absolute Gasteiger partial charge is 0.396 e. The number of nitrogens with two attached hydrogens (primary N) is 1. The number of aromatic nitrogens is 1. The van der Waals surface area contributed by atoms with E-state index in [2.05, 4.69) is 10.3 Å². The van der Waals surface area contributed by atoms with E-state index in [1.165, 1.54) is 19.3 Å². The highest BCUT2D eigenvalue weighted by molar-refractivity contribution is 5.54. The van der Waals surface area contributed by atoms with Crippen molar-refractivity contribution in [1.29, 1.82) is 5.26 Å². The first-order chi connectivity index (χ1) is 7.29. The molecule has 4 heteroatoms. The number of rotatable bonds is 4. The van der Waals surface area contributed by atoms with Crippen LogP contribution in [0.25, 0.3) is 0 Å². The number of hydrogen-bond donors (Lipinski definition) is 2. The molecule has 0 bridgehead atoms. The van der Waals surface area contributed by atoms with Crippen molar-refractivity contribution in [2.75, 3.05) is 17.6 Å². The van der Waals surface area contributed by atoms with Crippen LogP contribution in [0, 0.1) is 17.2 Å². The van der Waals surface area contributed by atoms with E-state index in [0.717, 1.165) is 18.3 Å². The molecule has 0 atom stereocenters. The van der Waals surface area contributed by atoms with Gasteiger partial charge in [0, 0.05) is 6.54 Å². The topological polar surface area (TPSA) is 74.7 Å². The lowest BCUT2D eigenvalue weighted by molar-refractivity contribution is 0.758. The molecule has 2 rings (SSSR count). The van der Waals surface area contributed by atoms with Gasteiger partial charge in [-0.15, -0.1) is 0 Å². The van der Waals surface area contributed by atoms with Crippen LogP contribution in [0.3, 0.4) is 0 Å². The smallest absolute Gasteiger partial charge is 0.165 e. The van der Waals surface area contributed by atoms with Gasteiger partial charge in [0.15, 0.2) is 5.69 Å². The van der Waals surface area contributed by atoms with Crippen molar-refractivity contribution in [3.8, 4) is 6.07 Å². The SMILES string of the molecule is N#Cc1nc(NCCC2CC2)ccc1N. The Balaban J connectivity index is 1.92. The molecule has 3 N–H and O–H groups in total. The number of nitriles is 1. The summed E-state index contributed by atoms with van der Waals surface area (Å²) >= 11 is 0. The number of pyridine rings is 1. The van der Waals surface area contributed by atoms with E-state index in [0.29, 0.717) is 11.4 Å². The second-order valence-corrected chi connectivity index (χ2v) is 3.90.